The predicted octanol–water partition coefficient (Wildman–Crippen LogP) is 5.10. The molecule has 5 heteroatoms. The summed E-state index contributed by atoms with van der Waals surface area (Å²) in [4.78, 5) is 21.2. The van der Waals surface area contributed by atoms with Gasteiger partial charge in [-0.05, 0) is 30.1 Å². The molecule has 2 atom stereocenters. The van der Waals surface area contributed by atoms with Gasteiger partial charge >= 0.3 is 0 Å². The average molecular weight is 380 g/mol. The summed E-state index contributed by atoms with van der Waals surface area (Å²) < 4.78 is 1.98. The first kappa shape index (κ1) is 17.0. The van der Waals surface area contributed by atoms with Crippen LogP contribution < -0.4 is 0 Å². The minimum absolute atomic E-state index is 0.157. The van der Waals surface area contributed by atoms with Crippen molar-refractivity contribution in [1.29, 1.82) is 0 Å². The smallest absolute Gasteiger partial charge is 0.272 e. The van der Waals surface area contributed by atoms with E-state index in [0.717, 1.165) is 41.3 Å². The van der Waals surface area contributed by atoms with Gasteiger partial charge < -0.3 is 4.90 Å². The van der Waals surface area contributed by atoms with Crippen LogP contribution in [0, 0.1) is 10.8 Å². The fraction of sp³-hybridized carbons (Fsp3) is 0.455. The molecule has 3 aromatic rings. The number of thiazole rings is 1. The molecule has 0 unspecified atom stereocenters. The Balaban J connectivity index is 1.49. The van der Waals surface area contributed by atoms with Crippen LogP contribution in [0.5, 0.6) is 0 Å². The van der Waals surface area contributed by atoms with Gasteiger partial charge in [0.2, 0.25) is 0 Å². The van der Waals surface area contributed by atoms with Crippen molar-refractivity contribution < 1.29 is 4.79 Å². The maximum atomic E-state index is 13.4. The monoisotopic (exact) mass is 379 g/mol. The minimum atomic E-state index is 0.157. The molecule has 1 saturated carbocycles. The van der Waals surface area contributed by atoms with Gasteiger partial charge in [-0.2, -0.15) is 0 Å². The summed E-state index contributed by atoms with van der Waals surface area (Å²) in [7, 11) is 0. The fourth-order valence-corrected chi connectivity index (χ4v) is 6.38. The van der Waals surface area contributed by atoms with Crippen molar-refractivity contribution in [2.45, 2.75) is 46.1 Å². The number of amides is 1. The zero-order valence-electron chi connectivity index (χ0n) is 16.1. The van der Waals surface area contributed by atoms with Gasteiger partial charge in [0.15, 0.2) is 4.96 Å². The van der Waals surface area contributed by atoms with Crippen molar-refractivity contribution in [3.63, 3.8) is 0 Å². The molecule has 1 aromatic carbocycles. The van der Waals surface area contributed by atoms with Gasteiger partial charge in [0.05, 0.1) is 5.69 Å². The van der Waals surface area contributed by atoms with Crippen molar-refractivity contribution >= 4 is 22.2 Å². The molecule has 4 nitrogen and oxygen atoms in total. The van der Waals surface area contributed by atoms with Gasteiger partial charge in [-0.25, -0.2) is 4.98 Å². The largest absolute Gasteiger partial charge is 0.334 e. The Morgan fingerprint density at radius 2 is 1.96 bits per heavy atom. The van der Waals surface area contributed by atoms with Crippen molar-refractivity contribution in [2.24, 2.45) is 10.8 Å². The lowest BCUT2D eigenvalue weighted by Crippen LogP contribution is -2.38. The number of carbonyl (C=O) groups is 1. The van der Waals surface area contributed by atoms with Gasteiger partial charge in [-0.15, -0.1) is 11.3 Å². The number of aromatic nitrogens is 2. The SMILES string of the molecule is CC1(C)C[C@@H]2C[C@@](C)(CN2C(=O)c2csc3nc(-c4ccccc4)cn23)C1. The topological polar surface area (TPSA) is 37.6 Å². The Bertz CT molecular complexity index is 1020. The molecule has 2 aromatic heterocycles. The van der Waals surface area contributed by atoms with Crippen LogP contribution in [0.2, 0.25) is 0 Å². The van der Waals surface area contributed by atoms with Crippen LogP contribution in [-0.2, 0) is 0 Å². The summed E-state index contributed by atoms with van der Waals surface area (Å²) in [5.41, 5.74) is 3.31. The van der Waals surface area contributed by atoms with Crippen LogP contribution >= 0.6 is 11.3 Å². The van der Waals surface area contributed by atoms with E-state index in [1.165, 1.54) is 6.42 Å². The Morgan fingerprint density at radius 1 is 1.19 bits per heavy atom. The normalized spacial score (nSPS) is 26.6. The average Bonchev–Trinajstić information content (AvgIpc) is 3.25. The van der Waals surface area contributed by atoms with Gasteiger partial charge in [-0.1, -0.05) is 51.1 Å². The number of nitrogens with zero attached hydrogens (tertiary/aromatic N) is 3. The molecule has 2 bridgehead atoms. The van der Waals surface area contributed by atoms with E-state index in [-0.39, 0.29) is 11.3 Å². The van der Waals surface area contributed by atoms with Crippen molar-refractivity contribution in [1.82, 2.24) is 14.3 Å². The number of hydrogen-bond acceptors (Lipinski definition) is 3. The third kappa shape index (κ3) is 2.80. The number of hydrogen-bond donors (Lipinski definition) is 0. The summed E-state index contributed by atoms with van der Waals surface area (Å²) in [5.74, 6) is 0.157. The number of rotatable bonds is 2. The summed E-state index contributed by atoms with van der Waals surface area (Å²) in [6, 6.07) is 10.5. The van der Waals surface area contributed by atoms with E-state index < -0.39 is 0 Å². The molecule has 0 spiro atoms. The molecule has 27 heavy (non-hydrogen) atoms. The summed E-state index contributed by atoms with van der Waals surface area (Å²) in [6.07, 6.45) is 5.43. The van der Waals surface area contributed by atoms with E-state index in [0.29, 0.717) is 11.5 Å². The number of carbonyl (C=O) groups excluding carboxylic acids is 1. The van der Waals surface area contributed by atoms with Crippen LogP contribution in [0.1, 0.15) is 50.5 Å². The highest BCUT2D eigenvalue weighted by atomic mass is 32.1. The zero-order valence-corrected chi connectivity index (χ0v) is 16.9. The second kappa shape index (κ2) is 5.68. The zero-order chi connectivity index (χ0) is 18.8. The molecule has 1 aliphatic heterocycles. The first-order chi connectivity index (χ1) is 12.8. The van der Waals surface area contributed by atoms with E-state index in [1.54, 1.807) is 11.3 Å². The van der Waals surface area contributed by atoms with Gasteiger partial charge in [0, 0.05) is 29.7 Å². The van der Waals surface area contributed by atoms with Crippen LogP contribution in [0.15, 0.2) is 41.9 Å². The van der Waals surface area contributed by atoms with Crippen LogP contribution in [0.25, 0.3) is 16.2 Å². The van der Waals surface area contributed by atoms with Gasteiger partial charge in [0.25, 0.3) is 5.91 Å². The molecule has 3 heterocycles. The third-order valence-corrected chi connectivity index (χ3v) is 7.01. The van der Waals surface area contributed by atoms with E-state index in [1.807, 2.05) is 34.2 Å². The van der Waals surface area contributed by atoms with Crippen molar-refractivity contribution in [3.05, 3.63) is 47.6 Å². The summed E-state index contributed by atoms with van der Waals surface area (Å²) in [6.45, 7) is 7.91. The maximum absolute atomic E-state index is 13.4. The second-order valence-corrected chi connectivity index (χ2v) is 10.2. The van der Waals surface area contributed by atoms with E-state index in [2.05, 4.69) is 37.8 Å². The second-order valence-electron chi connectivity index (χ2n) is 9.41. The molecule has 2 aliphatic rings. The first-order valence-corrected chi connectivity index (χ1v) is 10.5. The molecule has 0 radical (unpaired) electrons. The Kier molecular flexibility index (Phi) is 3.57. The molecular formula is C22H25N3OS. The van der Waals surface area contributed by atoms with Crippen LogP contribution in [0.4, 0.5) is 0 Å². The van der Waals surface area contributed by atoms with Gasteiger partial charge in [-0.3, -0.25) is 9.20 Å². The Morgan fingerprint density at radius 3 is 2.74 bits per heavy atom. The van der Waals surface area contributed by atoms with Crippen molar-refractivity contribution in [3.8, 4) is 11.3 Å². The quantitative estimate of drug-likeness (QED) is 0.621. The fourth-order valence-electron chi connectivity index (χ4n) is 5.53. The molecule has 1 aliphatic carbocycles. The molecular weight excluding hydrogens is 354 g/mol. The van der Waals surface area contributed by atoms with E-state index >= 15 is 0 Å². The molecule has 0 N–H and O–H groups in total. The highest BCUT2D eigenvalue weighted by Gasteiger charge is 2.51. The molecule has 140 valence electrons. The highest BCUT2D eigenvalue weighted by molar-refractivity contribution is 7.15. The lowest BCUT2D eigenvalue weighted by molar-refractivity contribution is 0.0701. The van der Waals surface area contributed by atoms with E-state index in [4.69, 9.17) is 4.98 Å². The van der Waals surface area contributed by atoms with E-state index in [9.17, 15) is 4.79 Å². The third-order valence-electron chi connectivity index (χ3n) is 6.17. The molecule has 2 fully saturated rings. The number of benzene rings is 1. The maximum Gasteiger partial charge on any atom is 0.272 e. The number of fused-ring (bicyclic) bond motifs is 3. The number of likely N-dealkylation sites (tertiary alicyclic amines) is 1. The summed E-state index contributed by atoms with van der Waals surface area (Å²) in [5, 5.41) is 1.97. The predicted molar refractivity (Wildman–Crippen MR) is 109 cm³/mol. The lowest BCUT2D eigenvalue weighted by Gasteiger charge is -2.39. The van der Waals surface area contributed by atoms with Crippen LogP contribution in [0.3, 0.4) is 0 Å². The standard InChI is InChI=1S/C22H25N3OS/c1-21(2)9-16-10-22(3,13-21)14-25(16)19(26)18-12-27-20-23-17(11-24(18)20)15-7-5-4-6-8-15/h4-8,11-12,16H,9-10,13-14H2,1-3H3/t16-,22-/m1/s1. The Labute approximate surface area is 163 Å². The minimum Gasteiger partial charge on any atom is -0.334 e. The summed E-state index contributed by atoms with van der Waals surface area (Å²) >= 11 is 1.55. The van der Waals surface area contributed by atoms with Crippen LogP contribution in [-0.4, -0.2) is 32.8 Å². The lowest BCUT2D eigenvalue weighted by atomic mass is 9.65. The first-order valence-electron chi connectivity index (χ1n) is 9.67. The molecule has 5 rings (SSSR count). The Hall–Kier alpha value is -2.14. The highest BCUT2D eigenvalue weighted by Crippen LogP contribution is 2.52. The molecule has 1 saturated heterocycles. The molecule has 1 amide bonds. The van der Waals surface area contributed by atoms with Crippen molar-refractivity contribution in [2.75, 3.05) is 6.54 Å². The van der Waals surface area contributed by atoms with Gasteiger partial charge in [0.1, 0.15) is 5.69 Å². The number of imidazole rings is 1.